The molecule has 1 amide bonds. The molecule has 0 spiro atoms. The second kappa shape index (κ2) is 5.67. The highest BCUT2D eigenvalue weighted by atomic mass is 16.1. The van der Waals surface area contributed by atoms with Crippen LogP contribution in [-0.2, 0) is 11.8 Å². The van der Waals surface area contributed by atoms with Crippen LogP contribution < -0.4 is 10.2 Å². The van der Waals surface area contributed by atoms with E-state index in [4.69, 9.17) is 0 Å². The predicted molar refractivity (Wildman–Crippen MR) is 80.0 cm³/mol. The van der Waals surface area contributed by atoms with Crippen LogP contribution in [0.5, 0.6) is 0 Å². The van der Waals surface area contributed by atoms with Gasteiger partial charge in [0.05, 0.1) is 11.6 Å². The van der Waals surface area contributed by atoms with Crippen molar-refractivity contribution in [3.8, 4) is 0 Å². The van der Waals surface area contributed by atoms with Crippen LogP contribution in [0, 0.1) is 0 Å². The Balaban J connectivity index is 1.83. The molecular weight excluding hydrogens is 268 g/mol. The van der Waals surface area contributed by atoms with E-state index in [1.807, 2.05) is 14.0 Å². The molecule has 0 aromatic carbocycles. The molecule has 7 heteroatoms. The maximum absolute atomic E-state index is 11.6. The van der Waals surface area contributed by atoms with E-state index in [1.165, 1.54) is 0 Å². The van der Waals surface area contributed by atoms with Crippen LogP contribution in [0.3, 0.4) is 0 Å². The number of aryl methyl sites for hydroxylation is 1. The monoisotopic (exact) mass is 288 g/mol. The van der Waals surface area contributed by atoms with E-state index in [0.717, 1.165) is 42.8 Å². The summed E-state index contributed by atoms with van der Waals surface area (Å²) < 4.78 is 1.75. The summed E-state index contributed by atoms with van der Waals surface area (Å²) in [5.74, 6) is 1.01. The lowest BCUT2D eigenvalue weighted by atomic mass is 10.1. The Kier molecular flexibility index (Phi) is 3.72. The first kappa shape index (κ1) is 13.8. The summed E-state index contributed by atoms with van der Waals surface area (Å²) in [6, 6.07) is 0.188. The van der Waals surface area contributed by atoms with Gasteiger partial charge in [-0.25, -0.2) is 9.97 Å². The van der Waals surface area contributed by atoms with Gasteiger partial charge in [0.1, 0.15) is 12.1 Å². The molecule has 21 heavy (non-hydrogen) atoms. The van der Waals surface area contributed by atoms with Crippen LogP contribution in [0.2, 0.25) is 0 Å². The molecule has 7 nitrogen and oxygen atoms in total. The summed E-state index contributed by atoms with van der Waals surface area (Å²) in [4.78, 5) is 22.5. The number of amides is 1. The second-order valence-electron chi connectivity index (χ2n) is 5.41. The van der Waals surface area contributed by atoms with E-state index in [0.29, 0.717) is 6.42 Å². The highest BCUT2D eigenvalue weighted by Crippen LogP contribution is 2.25. The van der Waals surface area contributed by atoms with Crippen LogP contribution in [0.1, 0.15) is 26.2 Å². The first-order chi connectivity index (χ1) is 10.2. The molecule has 1 atom stereocenters. The third-order valence-electron chi connectivity index (χ3n) is 3.92. The number of piperidine rings is 1. The number of carbonyl (C=O) groups is 1. The van der Waals surface area contributed by atoms with Crippen LogP contribution in [-0.4, -0.2) is 44.8 Å². The minimum Gasteiger partial charge on any atom is -0.354 e. The van der Waals surface area contributed by atoms with Gasteiger partial charge in [0.15, 0.2) is 5.65 Å². The minimum atomic E-state index is 0.107. The Morgan fingerprint density at radius 3 is 3.14 bits per heavy atom. The van der Waals surface area contributed by atoms with Crippen molar-refractivity contribution < 1.29 is 4.79 Å². The molecule has 0 bridgehead atoms. The zero-order valence-corrected chi connectivity index (χ0v) is 12.4. The fraction of sp³-hybridized carbons (Fsp3) is 0.571. The summed E-state index contributed by atoms with van der Waals surface area (Å²) in [7, 11) is 1.87. The lowest BCUT2D eigenvalue weighted by molar-refractivity contribution is -0.121. The third-order valence-corrected chi connectivity index (χ3v) is 3.92. The zero-order valence-electron chi connectivity index (χ0n) is 12.4. The lowest BCUT2D eigenvalue weighted by Gasteiger charge is -2.34. The van der Waals surface area contributed by atoms with Crippen molar-refractivity contribution in [2.24, 2.45) is 7.05 Å². The highest BCUT2D eigenvalue weighted by molar-refractivity contribution is 5.86. The molecule has 0 aliphatic carbocycles. The van der Waals surface area contributed by atoms with Gasteiger partial charge in [-0.1, -0.05) is 6.92 Å². The molecule has 112 valence electrons. The van der Waals surface area contributed by atoms with Crippen molar-refractivity contribution in [3.63, 3.8) is 0 Å². The molecule has 0 saturated carbocycles. The third kappa shape index (κ3) is 2.68. The number of aromatic nitrogens is 4. The van der Waals surface area contributed by atoms with Crippen LogP contribution in [0.15, 0.2) is 12.5 Å². The number of anilines is 1. The predicted octanol–water partition coefficient (Wildman–Crippen LogP) is 0.858. The van der Waals surface area contributed by atoms with Gasteiger partial charge in [-0.05, 0) is 12.8 Å². The fourth-order valence-corrected chi connectivity index (χ4v) is 2.82. The normalized spacial score (nSPS) is 19.0. The van der Waals surface area contributed by atoms with E-state index >= 15 is 0 Å². The van der Waals surface area contributed by atoms with Gasteiger partial charge in [-0.3, -0.25) is 9.48 Å². The Bertz CT molecular complexity index is 652. The van der Waals surface area contributed by atoms with Crippen molar-refractivity contribution >= 4 is 22.8 Å². The molecule has 1 saturated heterocycles. The second-order valence-corrected chi connectivity index (χ2v) is 5.41. The van der Waals surface area contributed by atoms with Gasteiger partial charge in [0, 0.05) is 32.6 Å². The van der Waals surface area contributed by atoms with Crippen molar-refractivity contribution in [3.05, 3.63) is 12.5 Å². The average molecular weight is 288 g/mol. The van der Waals surface area contributed by atoms with Crippen LogP contribution >= 0.6 is 0 Å². The molecule has 1 aliphatic heterocycles. The molecule has 3 rings (SSSR count). The molecular formula is C14H20N6O. The van der Waals surface area contributed by atoms with Crippen molar-refractivity contribution in [2.45, 2.75) is 32.2 Å². The maximum Gasteiger partial charge on any atom is 0.219 e. The van der Waals surface area contributed by atoms with Gasteiger partial charge >= 0.3 is 0 Å². The van der Waals surface area contributed by atoms with Crippen LogP contribution in [0.25, 0.3) is 11.0 Å². The largest absolute Gasteiger partial charge is 0.354 e. The first-order valence-corrected chi connectivity index (χ1v) is 7.36. The summed E-state index contributed by atoms with van der Waals surface area (Å²) in [6.45, 7) is 3.60. The Hall–Kier alpha value is -2.18. The summed E-state index contributed by atoms with van der Waals surface area (Å²) >= 11 is 0. The molecule has 1 aliphatic rings. The molecule has 0 radical (unpaired) electrons. The van der Waals surface area contributed by atoms with E-state index in [2.05, 4.69) is 25.3 Å². The van der Waals surface area contributed by atoms with Crippen LogP contribution in [0.4, 0.5) is 5.82 Å². The SMILES string of the molecule is CCC(=O)N[C@@H]1CCCN(c2ncnc3c2cnn3C)C1. The van der Waals surface area contributed by atoms with E-state index in [-0.39, 0.29) is 11.9 Å². The number of nitrogens with one attached hydrogen (secondary N) is 1. The smallest absolute Gasteiger partial charge is 0.219 e. The fourth-order valence-electron chi connectivity index (χ4n) is 2.82. The van der Waals surface area contributed by atoms with E-state index in [1.54, 1.807) is 17.2 Å². The zero-order chi connectivity index (χ0) is 14.8. The number of rotatable bonds is 3. The molecule has 2 aromatic rings. The number of hydrogen-bond donors (Lipinski definition) is 1. The van der Waals surface area contributed by atoms with Gasteiger partial charge in [-0.15, -0.1) is 0 Å². The lowest BCUT2D eigenvalue weighted by Crippen LogP contribution is -2.48. The van der Waals surface area contributed by atoms with Gasteiger partial charge in [0.25, 0.3) is 0 Å². The minimum absolute atomic E-state index is 0.107. The topological polar surface area (TPSA) is 75.9 Å². The number of nitrogens with zero attached hydrogens (tertiary/aromatic N) is 5. The van der Waals surface area contributed by atoms with Gasteiger partial charge in [0.2, 0.25) is 5.91 Å². The number of carbonyl (C=O) groups excluding carboxylic acids is 1. The van der Waals surface area contributed by atoms with Crippen molar-refractivity contribution in [1.29, 1.82) is 0 Å². The highest BCUT2D eigenvalue weighted by Gasteiger charge is 2.23. The standard InChI is InChI=1S/C14H20N6O/c1-3-12(21)18-10-5-4-6-20(8-10)14-11-7-17-19(2)13(11)15-9-16-14/h7,9-10H,3-6,8H2,1-2H3,(H,18,21)/t10-/m1/s1. The molecule has 1 fully saturated rings. The molecule has 1 N–H and O–H groups in total. The van der Waals surface area contributed by atoms with E-state index < -0.39 is 0 Å². The van der Waals surface area contributed by atoms with Gasteiger partial charge in [-0.2, -0.15) is 5.10 Å². The van der Waals surface area contributed by atoms with Crippen molar-refractivity contribution in [1.82, 2.24) is 25.1 Å². The average Bonchev–Trinajstić information content (AvgIpc) is 2.89. The van der Waals surface area contributed by atoms with Crippen molar-refractivity contribution in [2.75, 3.05) is 18.0 Å². The Morgan fingerprint density at radius 1 is 1.48 bits per heavy atom. The Morgan fingerprint density at radius 2 is 2.33 bits per heavy atom. The number of fused-ring (bicyclic) bond motifs is 1. The summed E-state index contributed by atoms with van der Waals surface area (Å²) in [5.41, 5.74) is 0.833. The van der Waals surface area contributed by atoms with Gasteiger partial charge < -0.3 is 10.2 Å². The Labute approximate surface area is 123 Å². The summed E-state index contributed by atoms with van der Waals surface area (Å²) in [5, 5.41) is 8.29. The number of hydrogen-bond acceptors (Lipinski definition) is 5. The molecule has 0 unspecified atom stereocenters. The first-order valence-electron chi connectivity index (χ1n) is 7.36. The maximum atomic E-state index is 11.6. The quantitative estimate of drug-likeness (QED) is 0.906. The van der Waals surface area contributed by atoms with E-state index in [9.17, 15) is 4.79 Å². The molecule has 3 heterocycles. The molecule has 2 aromatic heterocycles. The summed E-state index contributed by atoms with van der Waals surface area (Å²) in [6.07, 6.45) is 5.97.